The smallest absolute Gasteiger partial charge is 0.0717 e. The van der Waals surface area contributed by atoms with Gasteiger partial charge in [0, 0.05) is 6.42 Å². The maximum absolute atomic E-state index is 5.78. The molecule has 0 spiro atoms. The quantitative estimate of drug-likeness (QED) is 0.603. The molecule has 0 bridgehead atoms. The van der Waals surface area contributed by atoms with Gasteiger partial charge in [-0.2, -0.15) is 0 Å². The van der Waals surface area contributed by atoms with Gasteiger partial charge in [0.05, 0.1) is 19.3 Å². The Morgan fingerprint density at radius 1 is 1.29 bits per heavy atom. The van der Waals surface area contributed by atoms with E-state index in [1.807, 2.05) is 18.2 Å². The summed E-state index contributed by atoms with van der Waals surface area (Å²) >= 11 is 0. The molecular weight excluding hydrogens is 210 g/mol. The number of hydrogen-bond donors (Lipinski definition) is 1. The van der Waals surface area contributed by atoms with E-state index in [-0.39, 0.29) is 6.04 Å². The molecule has 92 valence electrons. The van der Waals surface area contributed by atoms with Crippen molar-refractivity contribution >= 4 is 0 Å². The van der Waals surface area contributed by atoms with Crippen LogP contribution in [0.5, 0.6) is 0 Å². The molecule has 1 aromatic rings. The monoisotopic (exact) mass is 231 g/mol. The minimum absolute atomic E-state index is 0.0223. The molecule has 2 N–H and O–H groups in total. The van der Waals surface area contributed by atoms with Gasteiger partial charge in [0.25, 0.3) is 0 Å². The lowest BCUT2D eigenvalue weighted by Crippen LogP contribution is -2.16. The van der Waals surface area contributed by atoms with Crippen LogP contribution in [0.2, 0.25) is 0 Å². The highest BCUT2D eigenvalue weighted by molar-refractivity contribution is 5.13. The lowest BCUT2D eigenvalue weighted by atomic mass is 10.2. The van der Waals surface area contributed by atoms with Crippen molar-refractivity contribution in [2.75, 3.05) is 6.61 Å². The van der Waals surface area contributed by atoms with Crippen molar-refractivity contribution in [1.29, 1.82) is 0 Å². The van der Waals surface area contributed by atoms with Crippen molar-refractivity contribution in [1.82, 2.24) is 0 Å². The summed E-state index contributed by atoms with van der Waals surface area (Å²) < 4.78 is 5.52. The summed E-state index contributed by atoms with van der Waals surface area (Å²) in [5.74, 6) is 6.09. The first-order chi connectivity index (χ1) is 8.33. The van der Waals surface area contributed by atoms with E-state index in [0.717, 1.165) is 19.3 Å². The highest BCUT2D eigenvalue weighted by Crippen LogP contribution is 2.00. The van der Waals surface area contributed by atoms with E-state index in [9.17, 15) is 0 Å². The Bertz CT molecular complexity index is 350. The first kappa shape index (κ1) is 13.8. The van der Waals surface area contributed by atoms with Crippen LogP contribution in [-0.4, -0.2) is 12.6 Å². The summed E-state index contributed by atoms with van der Waals surface area (Å²) in [6, 6.07) is 10.2. The topological polar surface area (TPSA) is 35.2 Å². The van der Waals surface area contributed by atoms with Crippen LogP contribution in [-0.2, 0) is 11.3 Å². The zero-order valence-electron chi connectivity index (χ0n) is 10.5. The fourth-order valence-electron chi connectivity index (χ4n) is 1.47. The molecule has 0 amide bonds. The van der Waals surface area contributed by atoms with Gasteiger partial charge in [-0.05, 0) is 12.0 Å². The maximum atomic E-state index is 5.78. The molecule has 0 aromatic heterocycles. The molecule has 0 aliphatic heterocycles. The van der Waals surface area contributed by atoms with Gasteiger partial charge in [0.15, 0.2) is 0 Å². The Kier molecular flexibility index (Phi) is 7.13. The Labute approximate surface area is 104 Å². The van der Waals surface area contributed by atoms with Gasteiger partial charge >= 0.3 is 0 Å². The molecule has 0 aliphatic rings. The molecule has 0 heterocycles. The lowest BCUT2D eigenvalue weighted by molar-refractivity contribution is 0.126. The third-order valence-electron chi connectivity index (χ3n) is 2.37. The summed E-state index contributed by atoms with van der Waals surface area (Å²) in [7, 11) is 0. The molecule has 0 saturated heterocycles. The van der Waals surface area contributed by atoms with E-state index in [4.69, 9.17) is 10.5 Å². The second-order valence-corrected chi connectivity index (χ2v) is 4.00. The predicted octanol–water partition coefficient (Wildman–Crippen LogP) is 2.72. The van der Waals surface area contributed by atoms with Crippen LogP contribution in [0.25, 0.3) is 0 Å². The van der Waals surface area contributed by atoms with Crippen molar-refractivity contribution < 1.29 is 4.74 Å². The molecular formula is C15H21NO. The van der Waals surface area contributed by atoms with Crippen LogP contribution in [0.3, 0.4) is 0 Å². The minimum Gasteiger partial charge on any atom is -0.376 e. The molecule has 2 heteroatoms. The molecule has 1 aromatic carbocycles. The second-order valence-electron chi connectivity index (χ2n) is 4.00. The van der Waals surface area contributed by atoms with Crippen LogP contribution >= 0.6 is 0 Å². The zero-order chi connectivity index (χ0) is 12.3. The summed E-state index contributed by atoms with van der Waals surface area (Å²) in [6.45, 7) is 3.44. The first-order valence-corrected chi connectivity index (χ1v) is 6.18. The van der Waals surface area contributed by atoms with Crippen molar-refractivity contribution in [2.24, 2.45) is 5.73 Å². The molecule has 0 aliphatic carbocycles. The van der Waals surface area contributed by atoms with Gasteiger partial charge in [0.2, 0.25) is 0 Å². The zero-order valence-corrected chi connectivity index (χ0v) is 10.5. The van der Waals surface area contributed by atoms with Crippen molar-refractivity contribution in [3.05, 3.63) is 35.9 Å². The predicted molar refractivity (Wildman–Crippen MR) is 71.4 cm³/mol. The van der Waals surface area contributed by atoms with E-state index < -0.39 is 0 Å². The van der Waals surface area contributed by atoms with Gasteiger partial charge < -0.3 is 10.5 Å². The Morgan fingerprint density at radius 3 is 2.76 bits per heavy atom. The average Bonchev–Trinajstić information content (AvgIpc) is 2.35. The summed E-state index contributed by atoms with van der Waals surface area (Å²) in [6.07, 6.45) is 2.81. The maximum Gasteiger partial charge on any atom is 0.0717 e. The van der Waals surface area contributed by atoms with Crippen LogP contribution < -0.4 is 5.73 Å². The fourth-order valence-corrected chi connectivity index (χ4v) is 1.47. The SMILES string of the molecule is CCC[C@@H](N)C#CCCOCc1ccccc1. The number of benzene rings is 1. The standard InChI is InChI=1S/C15H21NO/c1-2-8-15(16)11-6-7-12-17-13-14-9-4-3-5-10-14/h3-5,9-10,15H,2,7-8,12-13,16H2,1H3/t15-/m1/s1. The van der Waals surface area contributed by atoms with E-state index in [0.29, 0.717) is 13.2 Å². The van der Waals surface area contributed by atoms with Crippen molar-refractivity contribution in [2.45, 2.75) is 38.8 Å². The Hall–Kier alpha value is -1.30. The summed E-state index contributed by atoms with van der Waals surface area (Å²) in [5, 5.41) is 0. The van der Waals surface area contributed by atoms with E-state index in [2.05, 4.69) is 30.9 Å². The average molecular weight is 231 g/mol. The Morgan fingerprint density at radius 2 is 2.06 bits per heavy atom. The van der Waals surface area contributed by atoms with Gasteiger partial charge in [-0.1, -0.05) is 55.5 Å². The highest BCUT2D eigenvalue weighted by atomic mass is 16.5. The summed E-state index contributed by atoms with van der Waals surface area (Å²) in [4.78, 5) is 0. The van der Waals surface area contributed by atoms with Crippen LogP contribution in [0.1, 0.15) is 31.7 Å². The normalized spacial score (nSPS) is 11.6. The summed E-state index contributed by atoms with van der Waals surface area (Å²) in [5.41, 5.74) is 6.97. The number of ether oxygens (including phenoxy) is 1. The van der Waals surface area contributed by atoms with Crippen LogP contribution in [0.4, 0.5) is 0 Å². The molecule has 0 saturated carbocycles. The molecule has 0 unspecified atom stereocenters. The van der Waals surface area contributed by atoms with Gasteiger partial charge in [0.1, 0.15) is 0 Å². The molecule has 0 radical (unpaired) electrons. The highest BCUT2D eigenvalue weighted by Gasteiger charge is 1.93. The fraction of sp³-hybridized carbons (Fsp3) is 0.467. The lowest BCUT2D eigenvalue weighted by Gasteiger charge is -2.02. The Balaban J connectivity index is 2.09. The molecule has 17 heavy (non-hydrogen) atoms. The molecule has 1 atom stereocenters. The minimum atomic E-state index is 0.0223. The van der Waals surface area contributed by atoms with Crippen LogP contribution in [0, 0.1) is 11.8 Å². The van der Waals surface area contributed by atoms with Crippen molar-refractivity contribution in [3.63, 3.8) is 0 Å². The third kappa shape index (κ3) is 6.78. The molecule has 0 fully saturated rings. The van der Waals surface area contributed by atoms with E-state index in [1.54, 1.807) is 0 Å². The number of hydrogen-bond acceptors (Lipinski definition) is 2. The number of rotatable bonds is 6. The van der Waals surface area contributed by atoms with E-state index in [1.165, 1.54) is 5.56 Å². The third-order valence-corrected chi connectivity index (χ3v) is 2.37. The van der Waals surface area contributed by atoms with Crippen LogP contribution in [0.15, 0.2) is 30.3 Å². The van der Waals surface area contributed by atoms with Crippen molar-refractivity contribution in [3.8, 4) is 11.8 Å². The first-order valence-electron chi connectivity index (χ1n) is 6.18. The second kappa shape index (κ2) is 8.81. The van der Waals surface area contributed by atoms with E-state index >= 15 is 0 Å². The van der Waals surface area contributed by atoms with Gasteiger partial charge in [-0.25, -0.2) is 0 Å². The van der Waals surface area contributed by atoms with Gasteiger partial charge in [-0.3, -0.25) is 0 Å². The molecule has 2 nitrogen and oxygen atoms in total. The molecule has 1 rings (SSSR count). The van der Waals surface area contributed by atoms with Gasteiger partial charge in [-0.15, -0.1) is 0 Å². The largest absolute Gasteiger partial charge is 0.376 e. The number of nitrogens with two attached hydrogens (primary N) is 1.